The van der Waals surface area contributed by atoms with Crippen molar-refractivity contribution in [1.29, 1.82) is 0 Å². The third-order valence-electron chi connectivity index (χ3n) is 2.23. The summed E-state index contributed by atoms with van der Waals surface area (Å²) >= 11 is 0. The number of rotatable bonds is 7. The standard InChI is InChI=1S/C11H20N4/c1-10-8-11(15-14-9-10)13-7-5-3-2-4-6-12/h8-9H,2-7,12H2,1H3,(H,13,15). The predicted octanol–water partition coefficient (Wildman–Crippen LogP) is 1.72. The summed E-state index contributed by atoms with van der Waals surface area (Å²) in [5, 5.41) is 11.1. The van der Waals surface area contributed by atoms with Crippen LogP contribution in [-0.4, -0.2) is 23.3 Å². The molecular formula is C11H20N4. The summed E-state index contributed by atoms with van der Waals surface area (Å²) in [6.07, 6.45) is 6.49. The van der Waals surface area contributed by atoms with E-state index in [1.807, 2.05) is 13.0 Å². The van der Waals surface area contributed by atoms with Crippen molar-refractivity contribution in [2.45, 2.75) is 32.6 Å². The van der Waals surface area contributed by atoms with Crippen LogP contribution in [0.4, 0.5) is 5.82 Å². The number of nitrogens with zero attached hydrogens (tertiary/aromatic N) is 2. The highest BCUT2D eigenvalue weighted by molar-refractivity contribution is 5.34. The summed E-state index contributed by atoms with van der Waals surface area (Å²) in [6.45, 7) is 3.78. The largest absolute Gasteiger partial charge is 0.369 e. The van der Waals surface area contributed by atoms with E-state index in [1.54, 1.807) is 6.20 Å². The van der Waals surface area contributed by atoms with Gasteiger partial charge in [0.1, 0.15) is 5.82 Å². The summed E-state index contributed by atoms with van der Waals surface area (Å²) in [7, 11) is 0. The Labute approximate surface area is 91.3 Å². The molecule has 1 rings (SSSR count). The summed E-state index contributed by atoms with van der Waals surface area (Å²) in [5.41, 5.74) is 6.55. The molecule has 3 N–H and O–H groups in total. The quantitative estimate of drug-likeness (QED) is 0.670. The lowest BCUT2D eigenvalue weighted by Gasteiger charge is -2.04. The van der Waals surface area contributed by atoms with Crippen molar-refractivity contribution in [2.75, 3.05) is 18.4 Å². The zero-order chi connectivity index (χ0) is 10.9. The first-order chi connectivity index (χ1) is 7.33. The van der Waals surface area contributed by atoms with Crippen LogP contribution >= 0.6 is 0 Å². The molecule has 0 aliphatic heterocycles. The molecule has 4 heteroatoms. The average Bonchev–Trinajstić information content (AvgIpc) is 2.23. The van der Waals surface area contributed by atoms with E-state index < -0.39 is 0 Å². The Morgan fingerprint density at radius 1 is 1.27 bits per heavy atom. The molecule has 0 atom stereocenters. The Hall–Kier alpha value is -1.16. The van der Waals surface area contributed by atoms with E-state index in [2.05, 4.69) is 15.5 Å². The average molecular weight is 208 g/mol. The first-order valence-corrected chi connectivity index (χ1v) is 5.56. The summed E-state index contributed by atoms with van der Waals surface area (Å²) in [4.78, 5) is 0. The second kappa shape index (κ2) is 7.17. The van der Waals surface area contributed by atoms with Gasteiger partial charge in [-0.3, -0.25) is 0 Å². The lowest BCUT2D eigenvalue weighted by Crippen LogP contribution is -2.05. The van der Waals surface area contributed by atoms with Gasteiger partial charge in [-0.2, -0.15) is 5.10 Å². The maximum atomic E-state index is 5.42. The van der Waals surface area contributed by atoms with Gasteiger partial charge in [0.05, 0.1) is 6.20 Å². The Kier molecular flexibility index (Phi) is 5.70. The monoisotopic (exact) mass is 208 g/mol. The zero-order valence-electron chi connectivity index (χ0n) is 9.37. The van der Waals surface area contributed by atoms with Gasteiger partial charge in [0.2, 0.25) is 0 Å². The van der Waals surface area contributed by atoms with Gasteiger partial charge in [0, 0.05) is 6.54 Å². The van der Waals surface area contributed by atoms with Crippen molar-refractivity contribution < 1.29 is 0 Å². The van der Waals surface area contributed by atoms with Crippen LogP contribution in [0.25, 0.3) is 0 Å². The molecule has 1 heterocycles. The van der Waals surface area contributed by atoms with E-state index in [0.29, 0.717) is 0 Å². The molecule has 1 aromatic heterocycles. The second-order valence-electron chi connectivity index (χ2n) is 3.75. The van der Waals surface area contributed by atoms with Gasteiger partial charge in [0.15, 0.2) is 0 Å². The van der Waals surface area contributed by atoms with Crippen LogP contribution in [0.5, 0.6) is 0 Å². The first-order valence-electron chi connectivity index (χ1n) is 5.56. The number of nitrogens with two attached hydrogens (primary N) is 1. The highest BCUT2D eigenvalue weighted by Crippen LogP contribution is 2.04. The van der Waals surface area contributed by atoms with Crippen LogP contribution in [0.1, 0.15) is 31.2 Å². The molecule has 0 aliphatic rings. The van der Waals surface area contributed by atoms with Gasteiger partial charge in [-0.05, 0) is 37.9 Å². The molecule has 15 heavy (non-hydrogen) atoms. The Morgan fingerprint density at radius 3 is 2.80 bits per heavy atom. The summed E-state index contributed by atoms with van der Waals surface area (Å²) in [5.74, 6) is 0.869. The van der Waals surface area contributed by atoms with Crippen LogP contribution in [0.3, 0.4) is 0 Å². The molecule has 0 fully saturated rings. The van der Waals surface area contributed by atoms with Gasteiger partial charge in [-0.25, -0.2) is 0 Å². The van der Waals surface area contributed by atoms with Crippen molar-refractivity contribution in [3.8, 4) is 0 Å². The van der Waals surface area contributed by atoms with Crippen molar-refractivity contribution in [2.24, 2.45) is 5.73 Å². The van der Waals surface area contributed by atoms with Crippen molar-refractivity contribution in [3.63, 3.8) is 0 Å². The van der Waals surface area contributed by atoms with E-state index in [-0.39, 0.29) is 0 Å². The number of aryl methyl sites for hydroxylation is 1. The molecule has 0 saturated heterocycles. The molecule has 4 nitrogen and oxygen atoms in total. The van der Waals surface area contributed by atoms with E-state index in [0.717, 1.165) is 37.3 Å². The lowest BCUT2D eigenvalue weighted by atomic mass is 10.2. The fourth-order valence-electron chi connectivity index (χ4n) is 1.39. The first kappa shape index (κ1) is 11.9. The van der Waals surface area contributed by atoms with Crippen LogP contribution in [0, 0.1) is 6.92 Å². The van der Waals surface area contributed by atoms with Crippen LogP contribution < -0.4 is 11.1 Å². The highest BCUT2D eigenvalue weighted by atomic mass is 15.2. The Bertz CT molecular complexity index is 275. The maximum absolute atomic E-state index is 5.42. The van der Waals surface area contributed by atoms with Crippen molar-refractivity contribution >= 4 is 5.82 Å². The Balaban J connectivity index is 2.10. The molecule has 84 valence electrons. The van der Waals surface area contributed by atoms with E-state index in [4.69, 9.17) is 5.73 Å². The summed E-state index contributed by atoms with van der Waals surface area (Å²) < 4.78 is 0. The molecule has 0 aromatic carbocycles. The van der Waals surface area contributed by atoms with Gasteiger partial charge in [-0.15, -0.1) is 5.10 Å². The third kappa shape index (κ3) is 5.32. The molecule has 0 bridgehead atoms. The van der Waals surface area contributed by atoms with Gasteiger partial charge < -0.3 is 11.1 Å². The molecule has 0 amide bonds. The normalized spacial score (nSPS) is 10.3. The van der Waals surface area contributed by atoms with E-state index in [9.17, 15) is 0 Å². The van der Waals surface area contributed by atoms with Crippen LogP contribution in [0.2, 0.25) is 0 Å². The summed E-state index contributed by atoms with van der Waals surface area (Å²) in [6, 6.07) is 2.01. The number of nitrogens with one attached hydrogen (secondary N) is 1. The van der Waals surface area contributed by atoms with Gasteiger partial charge in [0.25, 0.3) is 0 Å². The molecular weight excluding hydrogens is 188 g/mol. The van der Waals surface area contributed by atoms with E-state index >= 15 is 0 Å². The number of unbranched alkanes of at least 4 members (excludes halogenated alkanes) is 3. The molecule has 1 aromatic rings. The molecule has 0 radical (unpaired) electrons. The van der Waals surface area contributed by atoms with Crippen molar-refractivity contribution in [1.82, 2.24) is 10.2 Å². The molecule has 0 saturated carbocycles. The third-order valence-corrected chi connectivity index (χ3v) is 2.23. The number of aromatic nitrogens is 2. The number of anilines is 1. The maximum Gasteiger partial charge on any atom is 0.148 e. The van der Waals surface area contributed by atoms with Gasteiger partial charge >= 0.3 is 0 Å². The fraction of sp³-hybridized carbons (Fsp3) is 0.636. The minimum absolute atomic E-state index is 0.802. The predicted molar refractivity (Wildman–Crippen MR) is 62.8 cm³/mol. The smallest absolute Gasteiger partial charge is 0.148 e. The van der Waals surface area contributed by atoms with Crippen LogP contribution in [-0.2, 0) is 0 Å². The molecule has 0 aliphatic carbocycles. The minimum Gasteiger partial charge on any atom is -0.369 e. The topological polar surface area (TPSA) is 63.8 Å². The minimum atomic E-state index is 0.802. The second-order valence-corrected chi connectivity index (χ2v) is 3.75. The molecule has 0 spiro atoms. The van der Waals surface area contributed by atoms with Crippen molar-refractivity contribution in [3.05, 3.63) is 17.8 Å². The Morgan fingerprint density at radius 2 is 2.07 bits per heavy atom. The van der Waals surface area contributed by atoms with E-state index in [1.165, 1.54) is 12.8 Å². The zero-order valence-corrected chi connectivity index (χ0v) is 9.37. The molecule has 0 unspecified atom stereocenters. The number of hydrogen-bond donors (Lipinski definition) is 2. The fourth-order valence-corrected chi connectivity index (χ4v) is 1.39. The lowest BCUT2D eigenvalue weighted by molar-refractivity contribution is 0.660. The highest BCUT2D eigenvalue weighted by Gasteiger charge is 1.94. The SMILES string of the molecule is Cc1cnnc(NCCCCCCN)c1. The number of hydrogen-bond acceptors (Lipinski definition) is 4. The van der Waals surface area contributed by atoms with Crippen LogP contribution in [0.15, 0.2) is 12.3 Å². The van der Waals surface area contributed by atoms with Gasteiger partial charge in [-0.1, -0.05) is 12.8 Å².